The summed E-state index contributed by atoms with van der Waals surface area (Å²) in [6.45, 7) is 5.33. The molecule has 3 rings (SSSR count). The molecule has 1 aromatic carbocycles. The van der Waals surface area contributed by atoms with E-state index in [4.69, 9.17) is 0 Å². The van der Waals surface area contributed by atoms with Gasteiger partial charge in [0.25, 0.3) is 0 Å². The third-order valence-electron chi connectivity index (χ3n) is 3.11. The van der Waals surface area contributed by atoms with Crippen molar-refractivity contribution in [3.63, 3.8) is 0 Å². The van der Waals surface area contributed by atoms with E-state index >= 15 is 0 Å². The van der Waals surface area contributed by atoms with Crippen LogP contribution in [0.1, 0.15) is 28.7 Å². The lowest BCUT2D eigenvalue weighted by Gasteiger charge is -1.98. The number of nitrogens with zero attached hydrogens (tertiary/aromatic N) is 3. The van der Waals surface area contributed by atoms with E-state index in [2.05, 4.69) is 10.1 Å². The van der Waals surface area contributed by atoms with Gasteiger partial charge in [0, 0.05) is 0 Å². The SMILES string of the molecule is CC(=O)c1c(C)nn(-c2nc3ccccc3s2)c1C. The summed E-state index contributed by atoms with van der Waals surface area (Å²) in [6, 6.07) is 7.97. The molecule has 0 atom stereocenters. The maximum absolute atomic E-state index is 11.6. The molecule has 2 heterocycles. The van der Waals surface area contributed by atoms with Crippen LogP contribution in [0.15, 0.2) is 24.3 Å². The van der Waals surface area contributed by atoms with Gasteiger partial charge >= 0.3 is 0 Å². The molecule has 0 unspecified atom stereocenters. The van der Waals surface area contributed by atoms with Gasteiger partial charge in [0.1, 0.15) is 0 Å². The molecular formula is C14H13N3OS. The first-order valence-electron chi connectivity index (χ1n) is 6.01. The fourth-order valence-electron chi connectivity index (χ4n) is 2.29. The number of fused-ring (bicyclic) bond motifs is 1. The topological polar surface area (TPSA) is 47.8 Å². The van der Waals surface area contributed by atoms with Crippen LogP contribution in [0.5, 0.6) is 0 Å². The first-order valence-corrected chi connectivity index (χ1v) is 6.82. The third kappa shape index (κ3) is 1.86. The molecular weight excluding hydrogens is 258 g/mol. The summed E-state index contributed by atoms with van der Waals surface area (Å²) in [5, 5.41) is 5.24. The van der Waals surface area contributed by atoms with Gasteiger partial charge in [-0.1, -0.05) is 23.5 Å². The van der Waals surface area contributed by atoms with Gasteiger partial charge in [0.15, 0.2) is 5.78 Å². The van der Waals surface area contributed by atoms with Gasteiger partial charge in [-0.3, -0.25) is 4.79 Å². The number of aromatic nitrogens is 3. The zero-order chi connectivity index (χ0) is 13.6. The molecule has 5 heteroatoms. The van der Waals surface area contributed by atoms with E-state index in [0.29, 0.717) is 5.56 Å². The number of para-hydroxylation sites is 1. The van der Waals surface area contributed by atoms with Crippen molar-refractivity contribution in [2.45, 2.75) is 20.8 Å². The van der Waals surface area contributed by atoms with Crippen LogP contribution in [-0.2, 0) is 0 Å². The van der Waals surface area contributed by atoms with Gasteiger partial charge in [-0.2, -0.15) is 5.10 Å². The first kappa shape index (κ1) is 12.0. The average molecular weight is 271 g/mol. The van der Waals surface area contributed by atoms with E-state index in [9.17, 15) is 4.79 Å². The monoisotopic (exact) mass is 271 g/mol. The van der Waals surface area contributed by atoms with E-state index in [1.807, 2.05) is 38.1 Å². The standard InChI is InChI=1S/C14H13N3OS/c1-8-13(10(3)18)9(2)17(16-8)14-15-11-6-4-5-7-12(11)19-14/h4-7H,1-3H3. The lowest BCUT2D eigenvalue weighted by molar-refractivity contribution is 0.101. The highest BCUT2D eigenvalue weighted by Crippen LogP contribution is 2.26. The second kappa shape index (κ2) is 4.28. The van der Waals surface area contributed by atoms with Crippen LogP contribution in [0.2, 0.25) is 0 Å². The summed E-state index contributed by atoms with van der Waals surface area (Å²) in [7, 11) is 0. The molecule has 2 aromatic heterocycles. The number of rotatable bonds is 2. The maximum atomic E-state index is 11.6. The number of Topliss-reactive ketones (excluding diaryl/α,β-unsaturated/α-hetero) is 1. The Labute approximate surface area is 114 Å². The fraction of sp³-hybridized carbons (Fsp3) is 0.214. The van der Waals surface area contributed by atoms with E-state index in [1.54, 1.807) is 22.9 Å². The van der Waals surface area contributed by atoms with Crippen LogP contribution in [0.3, 0.4) is 0 Å². The molecule has 4 nitrogen and oxygen atoms in total. The second-order valence-corrected chi connectivity index (χ2v) is 5.49. The molecule has 0 amide bonds. The van der Waals surface area contributed by atoms with Crippen LogP contribution >= 0.6 is 11.3 Å². The number of hydrogen-bond donors (Lipinski definition) is 0. The number of carbonyl (C=O) groups excluding carboxylic acids is 1. The summed E-state index contributed by atoms with van der Waals surface area (Å²) in [5.41, 5.74) is 3.26. The number of benzene rings is 1. The van der Waals surface area contributed by atoms with Crippen LogP contribution in [0, 0.1) is 13.8 Å². The van der Waals surface area contributed by atoms with Gasteiger partial charge < -0.3 is 0 Å². The number of aryl methyl sites for hydroxylation is 1. The van der Waals surface area contributed by atoms with Gasteiger partial charge in [-0.15, -0.1) is 0 Å². The molecule has 0 aliphatic carbocycles. The molecule has 0 bridgehead atoms. The van der Waals surface area contributed by atoms with Crippen molar-refractivity contribution in [3.8, 4) is 5.13 Å². The first-order chi connectivity index (χ1) is 9.08. The Kier molecular flexibility index (Phi) is 2.71. The lowest BCUT2D eigenvalue weighted by Crippen LogP contribution is -2.00. The van der Waals surface area contributed by atoms with Crippen molar-refractivity contribution in [2.24, 2.45) is 0 Å². The lowest BCUT2D eigenvalue weighted by atomic mass is 10.1. The minimum atomic E-state index is 0.0439. The Morgan fingerprint density at radius 1 is 1.26 bits per heavy atom. The number of ketones is 1. The number of thiazole rings is 1. The highest BCUT2D eigenvalue weighted by molar-refractivity contribution is 7.20. The molecule has 0 saturated carbocycles. The fourth-order valence-corrected chi connectivity index (χ4v) is 3.26. The summed E-state index contributed by atoms with van der Waals surface area (Å²) in [4.78, 5) is 16.2. The molecule has 19 heavy (non-hydrogen) atoms. The molecule has 0 N–H and O–H groups in total. The molecule has 0 saturated heterocycles. The molecule has 0 fully saturated rings. The Morgan fingerprint density at radius 3 is 2.63 bits per heavy atom. The van der Waals surface area contributed by atoms with Gasteiger partial charge in [-0.05, 0) is 32.9 Å². The Balaban J connectivity index is 2.22. The maximum Gasteiger partial charge on any atom is 0.211 e. The van der Waals surface area contributed by atoms with E-state index in [-0.39, 0.29) is 5.78 Å². The predicted octanol–water partition coefficient (Wildman–Crippen LogP) is 3.30. The Hall–Kier alpha value is -2.01. The predicted molar refractivity (Wildman–Crippen MR) is 76.2 cm³/mol. The van der Waals surface area contributed by atoms with Crippen molar-refractivity contribution < 1.29 is 4.79 Å². The van der Waals surface area contributed by atoms with Crippen molar-refractivity contribution in [1.29, 1.82) is 0 Å². The van der Waals surface area contributed by atoms with Crippen LogP contribution in [0.4, 0.5) is 0 Å². The minimum Gasteiger partial charge on any atom is -0.294 e. The second-order valence-electron chi connectivity index (χ2n) is 4.48. The zero-order valence-electron chi connectivity index (χ0n) is 11.0. The summed E-state index contributed by atoms with van der Waals surface area (Å²) >= 11 is 1.58. The molecule has 0 spiro atoms. The smallest absolute Gasteiger partial charge is 0.211 e. The van der Waals surface area contributed by atoms with E-state index < -0.39 is 0 Å². The van der Waals surface area contributed by atoms with Crippen molar-refractivity contribution in [1.82, 2.24) is 14.8 Å². The van der Waals surface area contributed by atoms with Gasteiger partial charge in [0.05, 0.1) is 27.2 Å². The third-order valence-corrected chi connectivity index (χ3v) is 4.12. The molecule has 3 aromatic rings. The van der Waals surface area contributed by atoms with E-state index in [0.717, 1.165) is 26.7 Å². The number of hydrogen-bond acceptors (Lipinski definition) is 4. The van der Waals surface area contributed by atoms with Crippen molar-refractivity contribution in [2.75, 3.05) is 0 Å². The average Bonchev–Trinajstić information content (AvgIpc) is 2.89. The molecule has 0 radical (unpaired) electrons. The normalized spacial score (nSPS) is 11.1. The zero-order valence-corrected chi connectivity index (χ0v) is 11.8. The molecule has 0 aliphatic heterocycles. The minimum absolute atomic E-state index is 0.0439. The Morgan fingerprint density at radius 2 is 2.00 bits per heavy atom. The number of carbonyl (C=O) groups is 1. The summed E-state index contributed by atoms with van der Waals surface area (Å²) < 4.78 is 2.88. The summed E-state index contributed by atoms with van der Waals surface area (Å²) in [5.74, 6) is 0.0439. The van der Waals surface area contributed by atoms with Gasteiger partial charge in [-0.25, -0.2) is 9.67 Å². The van der Waals surface area contributed by atoms with Crippen LogP contribution in [-0.4, -0.2) is 20.5 Å². The van der Waals surface area contributed by atoms with Crippen molar-refractivity contribution >= 4 is 27.3 Å². The summed E-state index contributed by atoms with van der Waals surface area (Å²) in [6.07, 6.45) is 0. The highest BCUT2D eigenvalue weighted by Gasteiger charge is 2.18. The van der Waals surface area contributed by atoms with E-state index in [1.165, 1.54) is 0 Å². The molecule has 96 valence electrons. The van der Waals surface area contributed by atoms with Crippen molar-refractivity contribution in [3.05, 3.63) is 41.2 Å². The Bertz CT molecular complexity index is 752. The quantitative estimate of drug-likeness (QED) is 0.672. The molecule has 0 aliphatic rings. The van der Waals surface area contributed by atoms with Crippen LogP contribution in [0.25, 0.3) is 15.3 Å². The van der Waals surface area contributed by atoms with Crippen LogP contribution < -0.4 is 0 Å². The largest absolute Gasteiger partial charge is 0.294 e. The highest BCUT2D eigenvalue weighted by atomic mass is 32.1. The van der Waals surface area contributed by atoms with Gasteiger partial charge in [0.2, 0.25) is 5.13 Å².